The Morgan fingerprint density at radius 1 is 1.33 bits per heavy atom. The first kappa shape index (κ1) is 18.2. The molecule has 24 heavy (non-hydrogen) atoms. The zero-order valence-corrected chi connectivity index (χ0v) is 13.8. The number of halogens is 3. The average molecular weight is 358 g/mol. The van der Waals surface area contributed by atoms with Gasteiger partial charge in [0.15, 0.2) is 0 Å². The number of hydrogen-bond donors (Lipinski definition) is 1. The number of hydrogen-bond acceptors (Lipinski definition) is 4. The number of rotatable bonds is 7. The molecule has 0 radical (unpaired) electrons. The fraction of sp³-hybridized carbons (Fsp3) is 0.400. The van der Waals surface area contributed by atoms with Crippen molar-refractivity contribution in [2.45, 2.75) is 32.4 Å². The van der Waals surface area contributed by atoms with Crippen molar-refractivity contribution in [1.82, 2.24) is 14.9 Å². The SMILES string of the molecule is CCCCCOc1ccccc1/C=N\n1c(C(F)(F)F)n[nH]c1=S. The first-order valence-corrected chi connectivity index (χ1v) is 7.85. The lowest BCUT2D eigenvalue weighted by Gasteiger charge is -2.08. The minimum atomic E-state index is -4.65. The van der Waals surface area contributed by atoms with E-state index in [1.54, 1.807) is 24.3 Å². The maximum atomic E-state index is 12.9. The molecule has 2 aromatic rings. The monoisotopic (exact) mass is 358 g/mol. The topological polar surface area (TPSA) is 55.2 Å². The summed E-state index contributed by atoms with van der Waals surface area (Å²) in [6.45, 7) is 2.63. The number of benzene rings is 1. The van der Waals surface area contributed by atoms with Crippen molar-refractivity contribution in [2.75, 3.05) is 6.61 Å². The van der Waals surface area contributed by atoms with Gasteiger partial charge in [0, 0.05) is 5.56 Å². The summed E-state index contributed by atoms with van der Waals surface area (Å²) in [4.78, 5) is 0. The molecule has 5 nitrogen and oxygen atoms in total. The summed E-state index contributed by atoms with van der Waals surface area (Å²) < 4.78 is 44.5. The summed E-state index contributed by atoms with van der Waals surface area (Å²) in [7, 11) is 0. The van der Waals surface area contributed by atoms with Crippen LogP contribution in [0.3, 0.4) is 0 Å². The van der Waals surface area contributed by atoms with Crippen LogP contribution in [0.5, 0.6) is 5.75 Å². The van der Waals surface area contributed by atoms with Gasteiger partial charge in [-0.1, -0.05) is 31.9 Å². The first-order valence-electron chi connectivity index (χ1n) is 7.44. The van der Waals surface area contributed by atoms with Crippen LogP contribution in [0.15, 0.2) is 29.4 Å². The summed E-state index contributed by atoms with van der Waals surface area (Å²) in [6.07, 6.45) is -0.343. The average Bonchev–Trinajstić information content (AvgIpc) is 2.91. The number of aromatic amines is 1. The molecule has 0 unspecified atom stereocenters. The van der Waals surface area contributed by atoms with Crippen LogP contribution in [-0.4, -0.2) is 27.7 Å². The van der Waals surface area contributed by atoms with E-state index >= 15 is 0 Å². The summed E-state index contributed by atoms with van der Waals surface area (Å²) in [5.74, 6) is -0.647. The van der Waals surface area contributed by atoms with Gasteiger partial charge < -0.3 is 4.74 Å². The molecule has 0 aliphatic heterocycles. The molecule has 0 fully saturated rings. The fourth-order valence-electron chi connectivity index (χ4n) is 1.96. The molecule has 0 atom stereocenters. The second-order valence-electron chi connectivity index (χ2n) is 5.00. The van der Waals surface area contributed by atoms with Crippen LogP contribution in [0.1, 0.15) is 37.6 Å². The molecule has 0 aliphatic carbocycles. The number of alkyl halides is 3. The van der Waals surface area contributed by atoms with Gasteiger partial charge in [-0.3, -0.25) is 0 Å². The molecule has 1 N–H and O–H groups in total. The van der Waals surface area contributed by atoms with Crippen molar-refractivity contribution in [3.05, 3.63) is 40.4 Å². The normalized spacial score (nSPS) is 12.0. The van der Waals surface area contributed by atoms with Crippen molar-refractivity contribution in [3.8, 4) is 5.75 Å². The molecular weight excluding hydrogens is 341 g/mol. The number of para-hydroxylation sites is 1. The van der Waals surface area contributed by atoms with Gasteiger partial charge in [-0.15, -0.1) is 5.10 Å². The number of ether oxygens (including phenoxy) is 1. The molecule has 0 amide bonds. The Bertz CT molecular complexity index is 752. The Balaban J connectivity index is 2.21. The van der Waals surface area contributed by atoms with E-state index in [4.69, 9.17) is 17.0 Å². The third kappa shape index (κ3) is 4.67. The highest BCUT2D eigenvalue weighted by Crippen LogP contribution is 2.27. The second-order valence-corrected chi connectivity index (χ2v) is 5.39. The van der Waals surface area contributed by atoms with E-state index in [9.17, 15) is 13.2 Å². The largest absolute Gasteiger partial charge is 0.493 e. The van der Waals surface area contributed by atoms with Gasteiger partial charge in [0.25, 0.3) is 5.82 Å². The molecule has 0 saturated carbocycles. The van der Waals surface area contributed by atoms with Crippen molar-refractivity contribution in [2.24, 2.45) is 5.10 Å². The van der Waals surface area contributed by atoms with E-state index in [-0.39, 0.29) is 4.77 Å². The molecule has 0 aliphatic rings. The van der Waals surface area contributed by atoms with E-state index in [0.29, 0.717) is 22.6 Å². The number of unbranched alkanes of at least 4 members (excludes halogenated alkanes) is 2. The molecule has 0 saturated heterocycles. The van der Waals surface area contributed by atoms with Crippen molar-refractivity contribution in [1.29, 1.82) is 0 Å². The Kier molecular flexibility index (Phi) is 6.13. The van der Waals surface area contributed by atoms with Gasteiger partial charge >= 0.3 is 6.18 Å². The number of aromatic nitrogens is 3. The maximum absolute atomic E-state index is 12.9. The third-order valence-electron chi connectivity index (χ3n) is 3.14. The fourth-order valence-corrected chi connectivity index (χ4v) is 2.13. The second kappa shape index (κ2) is 8.09. The highest BCUT2D eigenvalue weighted by Gasteiger charge is 2.37. The van der Waals surface area contributed by atoms with Crippen LogP contribution < -0.4 is 4.74 Å². The van der Waals surface area contributed by atoms with Gasteiger partial charge in [0.05, 0.1) is 12.8 Å². The van der Waals surface area contributed by atoms with Crippen molar-refractivity contribution < 1.29 is 17.9 Å². The van der Waals surface area contributed by atoms with Crippen molar-refractivity contribution in [3.63, 3.8) is 0 Å². The Labute approximate surface area is 142 Å². The lowest BCUT2D eigenvalue weighted by molar-refractivity contribution is -0.147. The van der Waals surface area contributed by atoms with E-state index < -0.39 is 12.0 Å². The number of nitrogens with zero attached hydrogens (tertiary/aromatic N) is 3. The molecule has 2 rings (SSSR count). The molecule has 1 aromatic heterocycles. The predicted molar refractivity (Wildman–Crippen MR) is 86.9 cm³/mol. The van der Waals surface area contributed by atoms with E-state index in [0.717, 1.165) is 19.3 Å². The first-order chi connectivity index (χ1) is 11.4. The Hall–Kier alpha value is -2.16. The number of H-pyrrole nitrogens is 1. The summed E-state index contributed by atoms with van der Waals surface area (Å²) >= 11 is 4.79. The van der Waals surface area contributed by atoms with Crippen LogP contribution in [0, 0.1) is 4.77 Å². The minimum absolute atomic E-state index is 0.236. The zero-order chi connectivity index (χ0) is 17.6. The van der Waals surface area contributed by atoms with Gasteiger partial charge in [0.1, 0.15) is 5.75 Å². The summed E-state index contributed by atoms with van der Waals surface area (Å²) in [5.41, 5.74) is 0.560. The molecule has 1 aromatic carbocycles. The molecular formula is C15H17F3N4OS. The predicted octanol–water partition coefficient (Wildman–Crippen LogP) is 4.41. The standard InChI is InChI=1S/C15H17F3N4OS/c1-2-3-6-9-23-12-8-5-4-7-11(12)10-19-22-13(15(16,17)18)20-21-14(22)24/h4-5,7-8,10H,2-3,6,9H2,1H3,(H,21,24)/b19-10-. The Morgan fingerprint density at radius 3 is 2.79 bits per heavy atom. The van der Waals surface area contributed by atoms with Crippen LogP contribution in [0.4, 0.5) is 13.2 Å². The van der Waals surface area contributed by atoms with Crippen LogP contribution >= 0.6 is 12.2 Å². The smallest absolute Gasteiger partial charge is 0.453 e. The molecule has 1 heterocycles. The zero-order valence-electron chi connectivity index (χ0n) is 13.0. The highest BCUT2D eigenvalue weighted by atomic mass is 32.1. The number of nitrogens with one attached hydrogen (secondary N) is 1. The van der Waals surface area contributed by atoms with Gasteiger partial charge in [-0.05, 0) is 30.8 Å². The minimum Gasteiger partial charge on any atom is -0.493 e. The van der Waals surface area contributed by atoms with E-state index in [1.807, 2.05) is 0 Å². The van der Waals surface area contributed by atoms with Crippen molar-refractivity contribution >= 4 is 18.4 Å². The maximum Gasteiger partial charge on any atom is 0.453 e. The van der Waals surface area contributed by atoms with E-state index in [1.165, 1.54) is 6.21 Å². The molecule has 0 spiro atoms. The van der Waals surface area contributed by atoms with Crippen LogP contribution in [-0.2, 0) is 6.18 Å². The third-order valence-corrected chi connectivity index (χ3v) is 3.40. The Morgan fingerprint density at radius 2 is 2.08 bits per heavy atom. The lowest BCUT2D eigenvalue weighted by Crippen LogP contribution is -2.13. The quantitative estimate of drug-likeness (QED) is 0.453. The molecule has 0 bridgehead atoms. The summed E-state index contributed by atoms with van der Waals surface area (Å²) in [6, 6.07) is 6.99. The molecule has 130 valence electrons. The lowest BCUT2D eigenvalue weighted by atomic mass is 10.2. The van der Waals surface area contributed by atoms with Gasteiger partial charge in [0.2, 0.25) is 4.77 Å². The van der Waals surface area contributed by atoms with Crippen LogP contribution in [0.2, 0.25) is 0 Å². The van der Waals surface area contributed by atoms with Crippen LogP contribution in [0.25, 0.3) is 0 Å². The van der Waals surface area contributed by atoms with Gasteiger partial charge in [-0.2, -0.15) is 22.9 Å². The van der Waals surface area contributed by atoms with Gasteiger partial charge in [-0.25, -0.2) is 5.10 Å². The highest BCUT2D eigenvalue weighted by molar-refractivity contribution is 7.71. The molecule has 9 heteroatoms. The van der Waals surface area contributed by atoms with E-state index in [2.05, 4.69) is 22.2 Å². The summed E-state index contributed by atoms with van der Waals surface area (Å²) in [5, 5.41) is 9.06.